The number of halogens is 3. The zero-order valence-electron chi connectivity index (χ0n) is 23.6. The number of carbonyl (C=O) groups is 1. The number of hydrogen-bond donors (Lipinski definition) is 4. The van der Waals surface area contributed by atoms with Gasteiger partial charge in [0.1, 0.15) is 12.2 Å². The minimum atomic E-state index is -4.13. The predicted molar refractivity (Wildman–Crippen MR) is 159 cm³/mol. The number of carbonyl (C=O) groups excluding carboxylic acids is 1. The molecule has 45 heavy (non-hydrogen) atoms. The molecule has 14 heteroatoms. The van der Waals surface area contributed by atoms with E-state index in [1.165, 1.54) is 30.5 Å². The third kappa shape index (κ3) is 5.63. The molecule has 6 atom stereocenters. The number of fused-ring (bicyclic) bond motifs is 2. The van der Waals surface area contributed by atoms with Crippen LogP contribution in [-0.2, 0) is 9.84 Å². The Morgan fingerprint density at radius 2 is 1.78 bits per heavy atom. The van der Waals surface area contributed by atoms with E-state index >= 15 is 0 Å². The Kier molecular flexibility index (Phi) is 8.25. The van der Waals surface area contributed by atoms with Gasteiger partial charge in [0, 0.05) is 29.7 Å². The maximum atomic E-state index is 13.9. The molecule has 236 valence electrons. The molecule has 2 aliphatic carbocycles. The Morgan fingerprint density at radius 1 is 1.04 bits per heavy atom. The van der Waals surface area contributed by atoms with Crippen LogP contribution in [0.2, 0.25) is 5.02 Å². The van der Waals surface area contributed by atoms with Crippen LogP contribution >= 0.6 is 11.6 Å². The molecule has 2 saturated carbocycles. The van der Waals surface area contributed by atoms with Crippen molar-refractivity contribution in [3.63, 3.8) is 0 Å². The van der Waals surface area contributed by atoms with Gasteiger partial charge in [-0.2, -0.15) is 5.10 Å². The van der Waals surface area contributed by atoms with Gasteiger partial charge in [0.25, 0.3) is 5.91 Å². The van der Waals surface area contributed by atoms with E-state index in [1.54, 1.807) is 29.2 Å². The minimum absolute atomic E-state index is 0.00755. The van der Waals surface area contributed by atoms with E-state index in [1.807, 2.05) is 0 Å². The summed E-state index contributed by atoms with van der Waals surface area (Å²) in [6, 6.07) is 11.5. The summed E-state index contributed by atoms with van der Waals surface area (Å²) in [6.45, 7) is 0. The van der Waals surface area contributed by atoms with E-state index in [-0.39, 0.29) is 39.7 Å². The number of amides is 1. The van der Waals surface area contributed by atoms with Gasteiger partial charge in [-0.05, 0) is 86.1 Å². The number of rotatable bonds is 8. The lowest BCUT2D eigenvalue weighted by molar-refractivity contribution is -0.178. The predicted octanol–water partition coefficient (Wildman–Crippen LogP) is 4.24. The van der Waals surface area contributed by atoms with Crippen LogP contribution in [0.1, 0.15) is 47.8 Å². The van der Waals surface area contributed by atoms with Gasteiger partial charge in [0.15, 0.2) is 21.5 Å². The van der Waals surface area contributed by atoms with Gasteiger partial charge >= 0.3 is 0 Å². The van der Waals surface area contributed by atoms with Crippen molar-refractivity contribution in [1.82, 2.24) is 14.8 Å². The van der Waals surface area contributed by atoms with Crippen LogP contribution in [0.25, 0.3) is 5.69 Å². The van der Waals surface area contributed by atoms with Crippen molar-refractivity contribution in [1.29, 1.82) is 0 Å². The van der Waals surface area contributed by atoms with Gasteiger partial charge in [0.2, 0.25) is 0 Å². The number of aliphatic hydroxyl groups is 3. The highest BCUT2D eigenvalue weighted by atomic mass is 35.5. The van der Waals surface area contributed by atoms with Crippen LogP contribution in [0.3, 0.4) is 0 Å². The Morgan fingerprint density at radius 3 is 2.40 bits per heavy atom. The monoisotopic (exact) mass is 658 g/mol. The van der Waals surface area contributed by atoms with Gasteiger partial charge in [-0.1, -0.05) is 11.6 Å². The van der Waals surface area contributed by atoms with Crippen molar-refractivity contribution in [3.05, 3.63) is 101 Å². The molecule has 3 unspecified atom stereocenters. The second-order valence-electron chi connectivity index (χ2n) is 11.5. The fourth-order valence-electron chi connectivity index (χ4n) is 6.64. The first kappa shape index (κ1) is 31.2. The van der Waals surface area contributed by atoms with Crippen LogP contribution in [-0.4, -0.2) is 61.4 Å². The summed E-state index contributed by atoms with van der Waals surface area (Å²) in [4.78, 5) is 16.8. The summed E-state index contributed by atoms with van der Waals surface area (Å²) < 4.78 is 56.2. The maximum Gasteiger partial charge on any atom is 0.255 e. The number of benzene rings is 2. The highest BCUT2D eigenvalue weighted by Crippen LogP contribution is 2.55. The smallest absolute Gasteiger partial charge is 0.255 e. The van der Waals surface area contributed by atoms with E-state index in [4.69, 9.17) is 11.6 Å². The van der Waals surface area contributed by atoms with Gasteiger partial charge in [-0.3, -0.25) is 9.78 Å². The number of aromatic nitrogens is 3. The van der Waals surface area contributed by atoms with Crippen LogP contribution in [0.5, 0.6) is 0 Å². The SMILES string of the molecule is O=C(Nc1ccc(F)c(F)c1)c1ccc(Cl)c(S(=O)(=O)[C@@H]2CC3CC[C@@H](C2)[C@@]3(O)C(O)C(O)c2ccc(-n3cccn3)cn2)c1. The van der Waals surface area contributed by atoms with Crippen molar-refractivity contribution in [2.75, 3.05) is 5.32 Å². The molecule has 4 N–H and O–H groups in total. The standard InChI is InChI=1S/C31H29ClF2N4O6S/c32-23-7-2-17(30(41)37-20-5-8-24(33)25(34)15-20)12-27(23)45(43,44)22-13-18-3-4-19(14-22)31(18,42)29(40)28(39)26-9-6-21(16-35-26)38-11-1-10-36-38/h1-2,5-12,15-16,18-19,22,28-29,39-40,42H,3-4,13-14H2,(H,37,41)/t18-,19?,22-,28?,29?,31-/m0/s1. The molecule has 4 aromatic rings. The van der Waals surface area contributed by atoms with Crippen LogP contribution in [0.15, 0.2) is 78.1 Å². The van der Waals surface area contributed by atoms with E-state index in [9.17, 15) is 37.3 Å². The molecular weight excluding hydrogens is 630 g/mol. The average Bonchev–Trinajstić information content (AvgIpc) is 3.60. The Bertz CT molecular complexity index is 1830. The number of nitrogens with one attached hydrogen (secondary N) is 1. The molecule has 10 nitrogen and oxygen atoms in total. The molecule has 2 aliphatic rings. The molecule has 2 bridgehead atoms. The molecule has 2 heterocycles. The summed E-state index contributed by atoms with van der Waals surface area (Å²) in [7, 11) is -4.13. The lowest BCUT2D eigenvalue weighted by Crippen LogP contribution is -2.57. The zero-order valence-corrected chi connectivity index (χ0v) is 25.2. The third-order valence-electron chi connectivity index (χ3n) is 9.00. The van der Waals surface area contributed by atoms with Gasteiger partial charge in [-0.25, -0.2) is 21.9 Å². The lowest BCUT2D eigenvalue weighted by Gasteiger charge is -2.46. The topological polar surface area (TPSA) is 155 Å². The van der Waals surface area contributed by atoms with Crippen LogP contribution in [0, 0.1) is 23.5 Å². The number of pyridine rings is 1. The molecule has 2 aromatic carbocycles. The fourth-order valence-corrected chi connectivity index (χ4v) is 9.04. The largest absolute Gasteiger partial charge is 0.387 e. The van der Waals surface area contributed by atoms with Crippen LogP contribution in [0.4, 0.5) is 14.5 Å². The summed E-state index contributed by atoms with van der Waals surface area (Å²) in [6.07, 6.45) is 2.51. The fraction of sp³-hybridized carbons (Fsp3) is 0.323. The van der Waals surface area contributed by atoms with Gasteiger partial charge in [0.05, 0.1) is 38.3 Å². The summed E-state index contributed by atoms with van der Waals surface area (Å²) >= 11 is 6.31. The van der Waals surface area contributed by atoms with E-state index in [2.05, 4.69) is 15.4 Å². The first-order chi connectivity index (χ1) is 21.4. The molecule has 1 amide bonds. The Balaban J connectivity index is 1.19. The van der Waals surface area contributed by atoms with Crippen molar-refractivity contribution in [3.8, 4) is 5.69 Å². The Hall–Kier alpha value is -3.75. The molecule has 2 aromatic heterocycles. The molecule has 2 fully saturated rings. The van der Waals surface area contributed by atoms with Crippen molar-refractivity contribution < 1.29 is 37.3 Å². The molecule has 0 aliphatic heterocycles. The van der Waals surface area contributed by atoms with Gasteiger partial charge < -0.3 is 20.6 Å². The number of nitrogens with zero attached hydrogens (tertiary/aromatic N) is 3. The van der Waals surface area contributed by atoms with Gasteiger partial charge in [-0.15, -0.1) is 0 Å². The normalized spacial score (nSPS) is 24.3. The van der Waals surface area contributed by atoms with E-state index < -0.39 is 62.3 Å². The average molecular weight is 659 g/mol. The number of hydrogen-bond acceptors (Lipinski definition) is 8. The first-order valence-electron chi connectivity index (χ1n) is 14.2. The molecule has 6 rings (SSSR count). The van der Waals surface area contributed by atoms with Crippen molar-refractivity contribution >= 4 is 33.0 Å². The lowest BCUT2D eigenvalue weighted by atomic mass is 9.69. The molecular formula is C31H29ClF2N4O6S. The molecule has 0 spiro atoms. The number of anilines is 1. The summed E-state index contributed by atoms with van der Waals surface area (Å²) in [5.41, 5.74) is -1.07. The second kappa shape index (κ2) is 11.9. The maximum absolute atomic E-state index is 13.9. The highest BCUT2D eigenvalue weighted by Gasteiger charge is 2.60. The minimum Gasteiger partial charge on any atom is -0.387 e. The molecule has 0 radical (unpaired) electrons. The van der Waals surface area contributed by atoms with Crippen molar-refractivity contribution in [2.24, 2.45) is 11.8 Å². The summed E-state index contributed by atoms with van der Waals surface area (Å²) in [5, 5.41) is 39.6. The summed E-state index contributed by atoms with van der Waals surface area (Å²) in [5.74, 6) is -4.29. The third-order valence-corrected chi connectivity index (χ3v) is 11.7. The Labute approximate surface area is 262 Å². The molecule has 0 saturated heterocycles. The van der Waals surface area contributed by atoms with E-state index in [0.717, 1.165) is 18.2 Å². The van der Waals surface area contributed by atoms with Crippen molar-refractivity contribution in [2.45, 2.75) is 53.6 Å². The first-order valence-corrected chi connectivity index (χ1v) is 16.2. The highest BCUT2D eigenvalue weighted by molar-refractivity contribution is 7.92. The zero-order chi connectivity index (χ0) is 32.1. The second-order valence-corrected chi connectivity index (χ2v) is 14.1. The van der Waals surface area contributed by atoms with E-state index in [0.29, 0.717) is 18.5 Å². The number of sulfone groups is 1. The number of aliphatic hydroxyl groups excluding tert-OH is 2. The van der Waals surface area contributed by atoms with Crippen LogP contribution < -0.4 is 5.32 Å². The quantitative estimate of drug-likeness (QED) is 0.219.